The normalized spacial score (nSPS) is 10.1. The molecule has 0 spiro atoms. The Hall–Kier alpha value is -2.63. The number of para-hydroxylation sites is 1. The second kappa shape index (κ2) is 6.01. The van der Waals surface area contributed by atoms with Gasteiger partial charge in [0, 0.05) is 6.20 Å². The van der Waals surface area contributed by atoms with E-state index in [-0.39, 0.29) is 0 Å². The van der Waals surface area contributed by atoms with Crippen molar-refractivity contribution >= 4 is 17.3 Å². The van der Waals surface area contributed by atoms with Crippen LogP contribution in [0.2, 0.25) is 0 Å². The summed E-state index contributed by atoms with van der Waals surface area (Å²) in [4.78, 5) is 20.0. The third kappa shape index (κ3) is 3.03. The van der Waals surface area contributed by atoms with E-state index in [0.717, 1.165) is 5.69 Å². The molecule has 0 aliphatic heterocycles. The highest BCUT2D eigenvalue weighted by atomic mass is 16.5. The van der Waals surface area contributed by atoms with Gasteiger partial charge in [-0.2, -0.15) is 0 Å². The SMILES string of the molecule is COC(=O)c1cccc(N)c1NCc1ccnc(C)n1. The van der Waals surface area contributed by atoms with Crippen LogP contribution in [0.3, 0.4) is 0 Å². The van der Waals surface area contributed by atoms with Gasteiger partial charge in [-0.05, 0) is 25.1 Å². The molecule has 0 radical (unpaired) electrons. The molecule has 0 saturated heterocycles. The Bertz CT molecular complexity index is 628. The molecule has 0 amide bonds. The number of nitrogens with two attached hydrogens (primary N) is 1. The van der Waals surface area contributed by atoms with Crippen LogP contribution < -0.4 is 11.1 Å². The van der Waals surface area contributed by atoms with E-state index in [1.165, 1.54) is 7.11 Å². The molecule has 0 atom stereocenters. The lowest BCUT2D eigenvalue weighted by atomic mass is 10.1. The number of nitrogens with zero attached hydrogens (tertiary/aromatic N) is 2. The summed E-state index contributed by atoms with van der Waals surface area (Å²) in [6, 6.07) is 6.90. The van der Waals surface area contributed by atoms with Crippen molar-refractivity contribution in [2.75, 3.05) is 18.2 Å². The number of hydrogen-bond donors (Lipinski definition) is 2. The first kappa shape index (κ1) is 13.8. The number of aromatic nitrogens is 2. The van der Waals surface area contributed by atoms with Crippen molar-refractivity contribution < 1.29 is 9.53 Å². The average molecular weight is 272 g/mol. The predicted octanol–water partition coefficient (Wildman–Crippen LogP) is 1.77. The molecular formula is C14H16N4O2. The van der Waals surface area contributed by atoms with Crippen molar-refractivity contribution in [1.82, 2.24) is 9.97 Å². The Morgan fingerprint density at radius 3 is 2.90 bits per heavy atom. The van der Waals surface area contributed by atoms with Gasteiger partial charge in [0.2, 0.25) is 0 Å². The number of hydrogen-bond acceptors (Lipinski definition) is 6. The second-order valence-electron chi connectivity index (χ2n) is 4.21. The van der Waals surface area contributed by atoms with Crippen molar-refractivity contribution in [3.8, 4) is 0 Å². The minimum atomic E-state index is -0.432. The zero-order valence-electron chi connectivity index (χ0n) is 11.4. The molecule has 6 heteroatoms. The van der Waals surface area contributed by atoms with Crippen molar-refractivity contribution in [2.24, 2.45) is 0 Å². The van der Waals surface area contributed by atoms with Gasteiger partial charge in [0.15, 0.2) is 0 Å². The fourth-order valence-corrected chi connectivity index (χ4v) is 1.83. The lowest BCUT2D eigenvalue weighted by Crippen LogP contribution is -2.11. The topological polar surface area (TPSA) is 90.1 Å². The summed E-state index contributed by atoms with van der Waals surface area (Å²) < 4.78 is 4.74. The number of ether oxygens (including phenoxy) is 1. The maximum absolute atomic E-state index is 11.7. The molecule has 0 aliphatic carbocycles. The maximum atomic E-state index is 11.7. The van der Waals surface area contributed by atoms with Crippen LogP contribution in [0.1, 0.15) is 21.9 Å². The molecule has 1 heterocycles. The van der Waals surface area contributed by atoms with Crippen molar-refractivity contribution in [1.29, 1.82) is 0 Å². The van der Waals surface area contributed by atoms with Crippen LogP contribution >= 0.6 is 0 Å². The monoisotopic (exact) mass is 272 g/mol. The Morgan fingerprint density at radius 1 is 1.40 bits per heavy atom. The first-order chi connectivity index (χ1) is 9.61. The average Bonchev–Trinajstić information content (AvgIpc) is 2.45. The van der Waals surface area contributed by atoms with Gasteiger partial charge in [-0.25, -0.2) is 14.8 Å². The number of anilines is 2. The van der Waals surface area contributed by atoms with Crippen molar-refractivity contribution in [3.63, 3.8) is 0 Å². The standard InChI is InChI=1S/C14H16N4O2/c1-9-16-7-6-10(18-9)8-17-13-11(14(19)20-2)4-3-5-12(13)15/h3-7,17H,8,15H2,1-2H3. The van der Waals surface area contributed by atoms with E-state index in [0.29, 0.717) is 29.3 Å². The Labute approximate surface area is 117 Å². The van der Waals surface area contributed by atoms with Crippen molar-refractivity contribution in [3.05, 3.63) is 47.5 Å². The van der Waals surface area contributed by atoms with Crippen LogP contribution in [0.5, 0.6) is 0 Å². The number of nitrogen functional groups attached to an aromatic ring is 1. The van der Waals surface area contributed by atoms with E-state index in [1.54, 1.807) is 30.5 Å². The van der Waals surface area contributed by atoms with Crippen LogP contribution in [0.4, 0.5) is 11.4 Å². The van der Waals surface area contributed by atoms with Gasteiger partial charge in [0.25, 0.3) is 0 Å². The van der Waals surface area contributed by atoms with Gasteiger partial charge in [-0.3, -0.25) is 0 Å². The summed E-state index contributed by atoms with van der Waals surface area (Å²) in [7, 11) is 1.34. The van der Waals surface area contributed by atoms with Crippen LogP contribution in [0.15, 0.2) is 30.5 Å². The zero-order chi connectivity index (χ0) is 14.5. The third-order valence-electron chi connectivity index (χ3n) is 2.78. The smallest absolute Gasteiger partial charge is 0.340 e. The number of carbonyl (C=O) groups excluding carboxylic acids is 1. The minimum Gasteiger partial charge on any atom is -0.465 e. The van der Waals surface area contributed by atoms with Gasteiger partial charge in [0.1, 0.15) is 5.82 Å². The first-order valence-corrected chi connectivity index (χ1v) is 6.11. The van der Waals surface area contributed by atoms with Gasteiger partial charge < -0.3 is 15.8 Å². The summed E-state index contributed by atoms with van der Waals surface area (Å²) >= 11 is 0. The molecule has 2 rings (SSSR count). The van der Waals surface area contributed by atoms with Crippen LogP contribution in [0.25, 0.3) is 0 Å². The van der Waals surface area contributed by atoms with E-state index in [9.17, 15) is 4.79 Å². The predicted molar refractivity (Wildman–Crippen MR) is 76.3 cm³/mol. The summed E-state index contributed by atoms with van der Waals surface area (Å²) in [6.45, 7) is 2.27. The number of carbonyl (C=O) groups is 1. The van der Waals surface area contributed by atoms with Gasteiger partial charge in [0.05, 0.1) is 36.3 Å². The lowest BCUT2D eigenvalue weighted by Gasteiger charge is -2.13. The molecule has 104 valence electrons. The van der Waals surface area contributed by atoms with E-state index in [2.05, 4.69) is 15.3 Å². The van der Waals surface area contributed by atoms with Crippen LogP contribution in [0, 0.1) is 6.92 Å². The van der Waals surface area contributed by atoms with E-state index >= 15 is 0 Å². The number of nitrogens with one attached hydrogen (secondary N) is 1. The number of rotatable bonds is 4. The summed E-state index contributed by atoms with van der Waals surface area (Å²) in [5.74, 6) is 0.261. The van der Waals surface area contributed by atoms with Crippen LogP contribution in [-0.2, 0) is 11.3 Å². The summed E-state index contributed by atoms with van der Waals surface area (Å²) in [5, 5.41) is 3.12. The Morgan fingerprint density at radius 2 is 2.20 bits per heavy atom. The molecule has 1 aromatic carbocycles. The second-order valence-corrected chi connectivity index (χ2v) is 4.21. The van der Waals surface area contributed by atoms with Gasteiger partial charge in [-0.1, -0.05) is 6.07 Å². The van der Waals surface area contributed by atoms with E-state index in [1.807, 2.05) is 6.92 Å². The minimum absolute atomic E-state index is 0.401. The number of esters is 1. The summed E-state index contributed by atoms with van der Waals surface area (Å²) in [6.07, 6.45) is 1.69. The van der Waals surface area contributed by atoms with Crippen molar-refractivity contribution in [2.45, 2.75) is 13.5 Å². The molecule has 0 unspecified atom stereocenters. The molecule has 20 heavy (non-hydrogen) atoms. The zero-order valence-corrected chi connectivity index (χ0v) is 11.4. The molecule has 0 saturated carbocycles. The molecule has 6 nitrogen and oxygen atoms in total. The van der Waals surface area contributed by atoms with E-state index < -0.39 is 5.97 Å². The van der Waals surface area contributed by atoms with Gasteiger partial charge >= 0.3 is 5.97 Å². The summed E-state index contributed by atoms with van der Waals surface area (Å²) in [5.41, 5.74) is 8.16. The maximum Gasteiger partial charge on any atom is 0.340 e. The Kier molecular flexibility index (Phi) is 4.14. The lowest BCUT2D eigenvalue weighted by molar-refractivity contribution is 0.0602. The van der Waals surface area contributed by atoms with Crippen LogP contribution in [-0.4, -0.2) is 23.0 Å². The molecule has 2 aromatic rings. The molecule has 0 bridgehead atoms. The van der Waals surface area contributed by atoms with E-state index in [4.69, 9.17) is 10.5 Å². The number of benzene rings is 1. The Balaban J connectivity index is 2.23. The number of aryl methyl sites for hydroxylation is 1. The molecule has 0 fully saturated rings. The molecule has 0 aliphatic rings. The number of methoxy groups -OCH3 is 1. The molecule has 3 N–H and O–H groups in total. The largest absolute Gasteiger partial charge is 0.465 e. The first-order valence-electron chi connectivity index (χ1n) is 6.11. The molecular weight excluding hydrogens is 256 g/mol. The highest BCUT2D eigenvalue weighted by Crippen LogP contribution is 2.24. The quantitative estimate of drug-likeness (QED) is 0.651. The fourth-order valence-electron chi connectivity index (χ4n) is 1.83. The van der Waals surface area contributed by atoms with Gasteiger partial charge in [-0.15, -0.1) is 0 Å². The third-order valence-corrected chi connectivity index (χ3v) is 2.78. The highest BCUT2D eigenvalue weighted by Gasteiger charge is 2.13. The molecule has 1 aromatic heterocycles. The fraction of sp³-hybridized carbons (Fsp3) is 0.214. The highest BCUT2D eigenvalue weighted by molar-refractivity contribution is 5.98.